The Bertz CT molecular complexity index is 910. The lowest BCUT2D eigenvalue weighted by Gasteiger charge is -2.22. The molecule has 141 valence electrons. The summed E-state index contributed by atoms with van der Waals surface area (Å²) < 4.78 is 0. The van der Waals surface area contributed by atoms with Gasteiger partial charge in [0.15, 0.2) is 0 Å². The Morgan fingerprint density at radius 3 is 2.46 bits per heavy atom. The van der Waals surface area contributed by atoms with Crippen LogP contribution >= 0.6 is 0 Å². The summed E-state index contributed by atoms with van der Waals surface area (Å²) in [5, 5.41) is 4.11. The molecule has 0 bridgehead atoms. The molecule has 0 aromatic heterocycles. The number of hydrogen-bond acceptors (Lipinski definition) is 2. The highest BCUT2D eigenvalue weighted by molar-refractivity contribution is 5.79. The number of hydrogen-bond donors (Lipinski definition) is 0. The zero-order valence-electron chi connectivity index (χ0n) is 16.2. The second-order valence-corrected chi connectivity index (χ2v) is 7.46. The van der Waals surface area contributed by atoms with Crippen molar-refractivity contribution < 1.29 is 4.84 Å². The van der Waals surface area contributed by atoms with Crippen LogP contribution in [-0.4, -0.2) is 6.21 Å². The monoisotopic (exact) mass is 368 g/mol. The van der Waals surface area contributed by atoms with Gasteiger partial charge in [0.25, 0.3) is 0 Å². The van der Waals surface area contributed by atoms with E-state index in [1.165, 1.54) is 48.8 Å². The van der Waals surface area contributed by atoms with Gasteiger partial charge in [0, 0.05) is 5.56 Å². The van der Waals surface area contributed by atoms with E-state index in [-0.39, 0.29) is 0 Å². The maximum atomic E-state index is 5.59. The number of nitrogens with zero attached hydrogens (tertiary/aromatic N) is 1. The second kappa shape index (κ2) is 9.36. The summed E-state index contributed by atoms with van der Waals surface area (Å²) in [4.78, 5) is 5.59. The van der Waals surface area contributed by atoms with E-state index in [0.717, 1.165) is 11.1 Å². The van der Waals surface area contributed by atoms with Crippen molar-refractivity contribution in [1.29, 1.82) is 0 Å². The molecule has 0 amide bonds. The summed E-state index contributed by atoms with van der Waals surface area (Å²) in [5.41, 5.74) is 5.89. The van der Waals surface area contributed by atoms with Gasteiger partial charge < -0.3 is 4.84 Å². The summed E-state index contributed by atoms with van der Waals surface area (Å²) in [6.45, 7) is 0.431. The Kier molecular flexibility index (Phi) is 6.18. The van der Waals surface area contributed by atoms with Crippen LogP contribution in [0.4, 0.5) is 0 Å². The minimum absolute atomic E-state index is 0.431. The molecule has 1 aliphatic carbocycles. The van der Waals surface area contributed by atoms with Gasteiger partial charge in [-0.15, -0.1) is 0 Å². The molecule has 0 heterocycles. The second-order valence-electron chi connectivity index (χ2n) is 7.46. The molecule has 1 fully saturated rings. The normalized spacial score (nSPS) is 15.0. The maximum absolute atomic E-state index is 5.59. The Morgan fingerprint density at radius 2 is 1.61 bits per heavy atom. The van der Waals surface area contributed by atoms with Gasteiger partial charge >= 0.3 is 0 Å². The first-order valence-electron chi connectivity index (χ1n) is 10.2. The largest absolute Gasteiger partial charge is 0.390 e. The quantitative estimate of drug-likeness (QED) is 0.345. The molecule has 2 heteroatoms. The van der Waals surface area contributed by atoms with Crippen LogP contribution in [0.15, 0.2) is 84.0 Å². The standard InChI is InChI=1S/C26H26NO/c1-3-11-22(12-4-1)24-16-9-10-21(18-24)19-27-28-20-25-15-7-8-17-26(25)23-13-5-2-6-14-23/h2,5-10,13-18,22H,1,3-4,11-12,20H2. The summed E-state index contributed by atoms with van der Waals surface area (Å²) in [6, 6.07) is 27.2. The fourth-order valence-electron chi connectivity index (χ4n) is 4.03. The van der Waals surface area contributed by atoms with E-state index in [0.29, 0.717) is 12.5 Å². The first-order chi connectivity index (χ1) is 13.9. The first kappa shape index (κ1) is 18.5. The van der Waals surface area contributed by atoms with Gasteiger partial charge in [-0.1, -0.05) is 97.2 Å². The van der Waals surface area contributed by atoms with Gasteiger partial charge in [0.1, 0.15) is 12.8 Å². The van der Waals surface area contributed by atoms with Crippen molar-refractivity contribution in [3.05, 3.63) is 95.6 Å². The fraction of sp³-hybridized carbons (Fsp3) is 0.269. The van der Waals surface area contributed by atoms with Crippen molar-refractivity contribution in [2.45, 2.75) is 44.6 Å². The van der Waals surface area contributed by atoms with Crippen LogP contribution in [0.2, 0.25) is 0 Å². The molecule has 1 aliphatic rings. The molecule has 0 atom stereocenters. The number of benzene rings is 3. The smallest absolute Gasteiger partial charge is 0.142 e. The lowest BCUT2D eigenvalue weighted by Crippen LogP contribution is -2.04. The van der Waals surface area contributed by atoms with Gasteiger partial charge in [-0.05, 0) is 47.1 Å². The molecule has 2 nitrogen and oxygen atoms in total. The van der Waals surface area contributed by atoms with E-state index >= 15 is 0 Å². The molecule has 3 aromatic rings. The molecule has 0 spiro atoms. The molecule has 0 aliphatic heterocycles. The fourth-order valence-corrected chi connectivity index (χ4v) is 4.03. The third-order valence-corrected chi connectivity index (χ3v) is 5.52. The predicted octanol–water partition coefficient (Wildman–Crippen LogP) is 6.83. The van der Waals surface area contributed by atoms with Crippen molar-refractivity contribution in [3.63, 3.8) is 0 Å². The van der Waals surface area contributed by atoms with Crippen LogP contribution in [0.25, 0.3) is 11.1 Å². The van der Waals surface area contributed by atoms with E-state index in [9.17, 15) is 0 Å². The first-order valence-corrected chi connectivity index (χ1v) is 10.2. The van der Waals surface area contributed by atoms with Gasteiger partial charge in [-0.3, -0.25) is 0 Å². The van der Waals surface area contributed by atoms with E-state index in [1.54, 1.807) is 0 Å². The van der Waals surface area contributed by atoms with Crippen LogP contribution in [0.3, 0.4) is 0 Å². The van der Waals surface area contributed by atoms with Gasteiger partial charge in [-0.25, -0.2) is 0 Å². The van der Waals surface area contributed by atoms with Crippen LogP contribution in [0.1, 0.15) is 54.7 Å². The van der Waals surface area contributed by atoms with Crippen molar-refractivity contribution in [1.82, 2.24) is 0 Å². The summed E-state index contributed by atoms with van der Waals surface area (Å²) in [5.74, 6) is 0.689. The molecule has 28 heavy (non-hydrogen) atoms. The lowest BCUT2D eigenvalue weighted by molar-refractivity contribution is 0.132. The highest BCUT2D eigenvalue weighted by Crippen LogP contribution is 2.32. The van der Waals surface area contributed by atoms with Crippen molar-refractivity contribution in [2.75, 3.05) is 0 Å². The molecule has 0 unspecified atom stereocenters. The molecule has 0 saturated heterocycles. The predicted molar refractivity (Wildman–Crippen MR) is 115 cm³/mol. The average molecular weight is 369 g/mol. The Balaban J connectivity index is 1.40. The summed E-state index contributed by atoms with van der Waals surface area (Å²) >= 11 is 0. The highest BCUT2D eigenvalue weighted by Gasteiger charge is 2.15. The van der Waals surface area contributed by atoms with Crippen LogP contribution in [0, 0.1) is 0 Å². The summed E-state index contributed by atoms with van der Waals surface area (Å²) in [6.07, 6.45) is 9.72. The molecular formula is C26H26NO. The zero-order chi connectivity index (χ0) is 19.0. The van der Waals surface area contributed by atoms with Gasteiger partial charge in [-0.2, -0.15) is 0 Å². The third kappa shape index (κ3) is 4.69. The van der Waals surface area contributed by atoms with E-state index in [1.807, 2.05) is 18.2 Å². The summed E-state index contributed by atoms with van der Waals surface area (Å²) in [7, 11) is 0. The lowest BCUT2D eigenvalue weighted by atomic mass is 9.84. The van der Waals surface area contributed by atoms with E-state index in [4.69, 9.17) is 4.84 Å². The Labute approximate surface area is 167 Å². The molecule has 3 aromatic carbocycles. The van der Waals surface area contributed by atoms with Gasteiger partial charge in [0.2, 0.25) is 0 Å². The minimum Gasteiger partial charge on any atom is -0.390 e. The molecule has 1 saturated carbocycles. The van der Waals surface area contributed by atoms with Crippen molar-refractivity contribution >= 4 is 6.21 Å². The topological polar surface area (TPSA) is 21.6 Å². The van der Waals surface area contributed by atoms with E-state index < -0.39 is 0 Å². The van der Waals surface area contributed by atoms with Gasteiger partial charge in [0.05, 0.1) is 0 Å². The van der Waals surface area contributed by atoms with Crippen LogP contribution < -0.4 is 0 Å². The Hall–Kier alpha value is -2.87. The van der Waals surface area contributed by atoms with Crippen molar-refractivity contribution in [2.24, 2.45) is 5.16 Å². The maximum Gasteiger partial charge on any atom is 0.142 e. The van der Waals surface area contributed by atoms with Crippen LogP contribution in [0.5, 0.6) is 0 Å². The van der Waals surface area contributed by atoms with E-state index in [2.05, 4.69) is 72.0 Å². The van der Waals surface area contributed by atoms with Crippen molar-refractivity contribution in [3.8, 4) is 11.1 Å². The molecular weight excluding hydrogens is 342 g/mol. The highest BCUT2D eigenvalue weighted by atomic mass is 16.6. The third-order valence-electron chi connectivity index (χ3n) is 5.52. The minimum atomic E-state index is 0.431. The number of rotatable bonds is 6. The van der Waals surface area contributed by atoms with Crippen LogP contribution in [-0.2, 0) is 11.4 Å². The zero-order valence-corrected chi connectivity index (χ0v) is 16.2. The molecule has 4 rings (SSSR count). The Morgan fingerprint density at radius 1 is 0.821 bits per heavy atom. The SMILES string of the molecule is [C](=N\OCc1ccccc1-c1ccccc1)/c1cccc(C2CCCCC2)c1. The molecule has 0 N–H and O–H groups in total. The molecule has 1 radical (unpaired) electrons. The average Bonchev–Trinajstić information content (AvgIpc) is 2.78.